The molecule has 0 spiro atoms. The molecule has 1 N–H and O–H groups in total. The smallest absolute Gasteiger partial charge is 0.226 e. The molecule has 154 valence electrons. The molecule has 0 unspecified atom stereocenters. The standard InChI is InChI=1S/C22H26N2O4S/c1-4-22(26)24-16(3)13-17-14-18(9-10-20(17)24)29(27,28)12-11-21(25)23-19-8-6-5-7-15(19)2/h5-10,14,16H,4,11-13H2,1-3H3,(H,23,25)/t16-/m1/s1. The van der Waals surface area contributed by atoms with Crippen molar-refractivity contribution in [1.82, 2.24) is 0 Å². The second-order valence-electron chi connectivity index (χ2n) is 7.39. The summed E-state index contributed by atoms with van der Waals surface area (Å²) in [5.41, 5.74) is 3.23. The highest BCUT2D eigenvalue weighted by molar-refractivity contribution is 7.91. The van der Waals surface area contributed by atoms with Gasteiger partial charge in [0.1, 0.15) is 0 Å². The van der Waals surface area contributed by atoms with Crippen LogP contribution < -0.4 is 10.2 Å². The summed E-state index contributed by atoms with van der Waals surface area (Å²) < 4.78 is 25.5. The van der Waals surface area contributed by atoms with Gasteiger partial charge in [-0.15, -0.1) is 0 Å². The van der Waals surface area contributed by atoms with Gasteiger partial charge in [0.15, 0.2) is 9.84 Å². The van der Waals surface area contributed by atoms with E-state index in [0.717, 1.165) is 16.8 Å². The van der Waals surface area contributed by atoms with Crippen molar-refractivity contribution < 1.29 is 18.0 Å². The maximum atomic E-state index is 12.7. The molecule has 1 aliphatic rings. The Kier molecular flexibility index (Phi) is 6.07. The SMILES string of the molecule is CCC(=O)N1c2ccc(S(=O)(=O)CCC(=O)Nc3ccccc3C)cc2C[C@H]1C. The lowest BCUT2D eigenvalue weighted by atomic mass is 10.1. The molecule has 0 saturated heterocycles. The summed E-state index contributed by atoms with van der Waals surface area (Å²) in [5.74, 6) is -0.575. The number of para-hydroxylation sites is 1. The van der Waals surface area contributed by atoms with Crippen LogP contribution in [0.2, 0.25) is 0 Å². The Balaban J connectivity index is 1.71. The zero-order chi connectivity index (χ0) is 21.2. The van der Waals surface area contributed by atoms with E-state index in [-0.39, 0.29) is 34.9 Å². The van der Waals surface area contributed by atoms with Crippen molar-refractivity contribution in [3.8, 4) is 0 Å². The minimum atomic E-state index is -3.60. The summed E-state index contributed by atoms with van der Waals surface area (Å²) >= 11 is 0. The van der Waals surface area contributed by atoms with Gasteiger partial charge >= 0.3 is 0 Å². The van der Waals surface area contributed by atoms with Crippen molar-refractivity contribution in [1.29, 1.82) is 0 Å². The number of fused-ring (bicyclic) bond motifs is 1. The van der Waals surface area contributed by atoms with Gasteiger partial charge in [-0.25, -0.2) is 8.42 Å². The van der Waals surface area contributed by atoms with Crippen LogP contribution in [0.5, 0.6) is 0 Å². The van der Waals surface area contributed by atoms with Gasteiger partial charge in [0, 0.05) is 30.3 Å². The number of carbonyl (C=O) groups excluding carboxylic acids is 2. The zero-order valence-corrected chi connectivity index (χ0v) is 17.8. The molecular weight excluding hydrogens is 388 g/mol. The van der Waals surface area contributed by atoms with Crippen LogP contribution in [0, 0.1) is 6.92 Å². The third-order valence-electron chi connectivity index (χ3n) is 5.21. The van der Waals surface area contributed by atoms with Gasteiger partial charge in [-0.2, -0.15) is 0 Å². The maximum Gasteiger partial charge on any atom is 0.226 e. The summed E-state index contributed by atoms with van der Waals surface area (Å²) in [7, 11) is -3.60. The van der Waals surface area contributed by atoms with Crippen LogP contribution in [0.3, 0.4) is 0 Å². The maximum absolute atomic E-state index is 12.7. The number of benzene rings is 2. The molecule has 0 bridgehead atoms. The lowest BCUT2D eigenvalue weighted by Gasteiger charge is -2.22. The molecular formula is C22H26N2O4S. The Morgan fingerprint density at radius 1 is 1.17 bits per heavy atom. The summed E-state index contributed by atoms with van der Waals surface area (Å²) in [4.78, 5) is 26.3. The number of hydrogen-bond donors (Lipinski definition) is 1. The van der Waals surface area contributed by atoms with Crippen LogP contribution >= 0.6 is 0 Å². The number of rotatable bonds is 6. The fourth-order valence-electron chi connectivity index (χ4n) is 3.62. The largest absolute Gasteiger partial charge is 0.326 e. The second-order valence-corrected chi connectivity index (χ2v) is 9.50. The lowest BCUT2D eigenvalue weighted by molar-refractivity contribution is -0.118. The average molecular weight is 415 g/mol. The van der Waals surface area contributed by atoms with E-state index in [1.165, 1.54) is 6.07 Å². The van der Waals surface area contributed by atoms with Crippen molar-refractivity contribution in [2.24, 2.45) is 0 Å². The van der Waals surface area contributed by atoms with Crippen molar-refractivity contribution in [3.05, 3.63) is 53.6 Å². The average Bonchev–Trinajstić information content (AvgIpc) is 3.02. The number of nitrogens with one attached hydrogen (secondary N) is 1. The molecule has 2 aromatic carbocycles. The van der Waals surface area contributed by atoms with Crippen LogP contribution in [0.1, 0.15) is 37.8 Å². The van der Waals surface area contributed by atoms with E-state index < -0.39 is 9.84 Å². The molecule has 2 aromatic rings. The minimum Gasteiger partial charge on any atom is -0.326 e. The number of carbonyl (C=O) groups is 2. The molecule has 0 aromatic heterocycles. The fourth-order valence-corrected chi connectivity index (χ4v) is 4.91. The van der Waals surface area contributed by atoms with E-state index in [1.54, 1.807) is 23.1 Å². The number of aryl methyl sites for hydroxylation is 1. The van der Waals surface area contributed by atoms with Crippen LogP contribution in [-0.2, 0) is 25.8 Å². The molecule has 1 atom stereocenters. The van der Waals surface area contributed by atoms with Crippen molar-refractivity contribution >= 4 is 33.0 Å². The van der Waals surface area contributed by atoms with E-state index in [4.69, 9.17) is 0 Å². The number of anilines is 2. The lowest BCUT2D eigenvalue weighted by Crippen LogP contribution is -2.35. The van der Waals surface area contributed by atoms with Crippen LogP contribution in [0.15, 0.2) is 47.4 Å². The van der Waals surface area contributed by atoms with Gasteiger partial charge in [-0.05, 0) is 55.7 Å². The summed E-state index contributed by atoms with van der Waals surface area (Å²) in [5, 5.41) is 2.76. The summed E-state index contributed by atoms with van der Waals surface area (Å²) in [6, 6.07) is 12.2. The predicted molar refractivity (Wildman–Crippen MR) is 114 cm³/mol. The molecule has 0 aliphatic carbocycles. The Labute approximate surface area is 171 Å². The number of sulfone groups is 1. The van der Waals surface area contributed by atoms with Crippen LogP contribution in [-0.4, -0.2) is 32.0 Å². The normalized spacial score (nSPS) is 15.8. The Hall–Kier alpha value is -2.67. The van der Waals surface area contributed by atoms with Gasteiger partial charge < -0.3 is 10.2 Å². The van der Waals surface area contributed by atoms with E-state index in [1.807, 2.05) is 39.0 Å². The van der Waals surface area contributed by atoms with Gasteiger partial charge in [0.2, 0.25) is 11.8 Å². The molecule has 0 fully saturated rings. The third-order valence-corrected chi connectivity index (χ3v) is 6.93. The van der Waals surface area contributed by atoms with Crippen molar-refractivity contribution in [3.63, 3.8) is 0 Å². The minimum absolute atomic E-state index is 0.00953. The highest BCUT2D eigenvalue weighted by atomic mass is 32.2. The van der Waals surface area contributed by atoms with E-state index in [0.29, 0.717) is 18.5 Å². The van der Waals surface area contributed by atoms with Crippen molar-refractivity contribution in [2.45, 2.75) is 51.0 Å². The van der Waals surface area contributed by atoms with Gasteiger partial charge in [-0.1, -0.05) is 25.1 Å². The Bertz CT molecular complexity index is 1050. The first-order valence-corrected chi connectivity index (χ1v) is 11.4. The highest BCUT2D eigenvalue weighted by Crippen LogP contribution is 2.34. The number of nitrogens with zero attached hydrogens (tertiary/aromatic N) is 1. The molecule has 1 heterocycles. The Morgan fingerprint density at radius 3 is 2.59 bits per heavy atom. The van der Waals surface area contributed by atoms with Gasteiger partial charge in [0.05, 0.1) is 10.6 Å². The van der Waals surface area contributed by atoms with Crippen LogP contribution in [0.25, 0.3) is 0 Å². The third kappa shape index (κ3) is 4.50. The summed E-state index contributed by atoms with van der Waals surface area (Å²) in [6.07, 6.45) is 0.905. The second kappa shape index (κ2) is 8.37. The molecule has 6 nitrogen and oxygen atoms in total. The quantitative estimate of drug-likeness (QED) is 0.784. The van der Waals surface area contributed by atoms with Gasteiger partial charge in [-0.3, -0.25) is 9.59 Å². The van der Waals surface area contributed by atoms with E-state index in [9.17, 15) is 18.0 Å². The van der Waals surface area contributed by atoms with Gasteiger partial charge in [0.25, 0.3) is 0 Å². The van der Waals surface area contributed by atoms with Crippen molar-refractivity contribution in [2.75, 3.05) is 16.0 Å². The van der Waals surface area contributed by atoms with Crippen LogP contribution in [0.4, 0.5) is 11.4 Å². The van der Waals surface area contributed by atoms with E-state index >= 15 is 0 Å². The topological polar surface area (TPSA) is 83.6 Å². The molecule has 0 radical (unpaired) electrons. The predicted octanol–water partition coefficient (Wildman–Crippen LogP) is 3.49. The molecule has 2 amide bonds. The van der Waals surface area contributed by atoms with E-state index in [2.05, 4.69) is 5.32 Å². The fraction of sp³-hybridized carbons (Fsp3) is 0.364. The number of amides is 2. The highest BCUT2D eigenvalue weighted by Gasteiger charge is 2.31. The zero-order valence-electron chi connectivity index (χ0n) is 16.9. The molecule has 29 heavy (non-hydrogen) atoms. The first-order valence-electron chi connectivity index (χ1n) is 9.76. The number of hydrogen-bond acceptors (Lipinski definition) is 4. The molecule has 1 aliphatic heterocycles. The first-order chi connectivity index (χ1) is 13.7. The monoisotopic (exact) mass is 414 g/mol. The Morgan fingerprint density at radius 2 is 1.90 bits per heavy atom. The molecule has 7 heteroatoms. The summed E-state index contributed by atoms with van der Waals surface area (Å²) in [6.45, 7) is 5.65. The molecule has 3 rings (SSSR count). The first kappa shape index (κ1) is 21.0. The molecule has 0 saturated carbocycles.